The summed E-state index contributed by atoms with van der Waals surface area (Å²) in [4.78, 5) is 26.8. The monoisotopic (exact) mass is 352 g/mol. The van der Waals surface area contributed by atoms with E-state index in [9.17, 15) is 9.59 Å². The third kappa shape index (κ3) is 3.57. The van der Waals surface area contributed by atoms with Gasteiger partial charge in [0.25, 0.3) is 0 Å². The molecule has 5 nitrogen and oxygen atoms in total. The third-order valence-electron chi connectivity index (χ3n) is 4.87. The van der Waals surface area contributed by atoms with Gasteiger partial charge in [0.15, 0.2) is 0 Å². The lowest BCUT2D eigenvalue weighted by atomic mass is 10.0. The molecule has 5 heteroatoms. The summed E-state index contributed by atoms with van der Waals surface area (Å²) in [6.07, 6.45) is 1.07. The average molecular weight is 352 g/mol. The summed E-state index contributed by atoms with van der Waals surface area (Å²) in [7, 11) is 1.60. The van der Waals surface area contributed by atoms with Gasteiger partial charge in [-0.05, 0) is 48.7 Å². The van der Waals surface area contributed by atoms with E-state index in [0.717, 1.165) is 34.7 Å². The van der Waals surface area contributed by atoms with Crippen LogP contribution in [0.15, 0.2) is 42.5 Å². The van der Waals surface area contributed by atoms with Gasteiger partial charge in [0.2, 0.25) is 11.8 Å². The second-order valence-corrected chi connectivity index (χ2v) is 6.56. The molecule has 3 rings (SSSR count). The van der Waals surface area contributed by atoms with Crippen LogP contribution in [0.2, 0.25) is 0 Å². The standard InChI is InChI=1S/C21H24N2O3/c1-4-15-7-5-6-14(2)20(15)22-21(25)16-12-19(24)23(13-16)17-8-10-18(26-3)11-9-17/h5-11,16H,4,12-13H2,1-3H3,(H,22,25). The first-order valence-electron chi connectivity index (χ1n) is 8.87. The zero-order valence-electron chi connectivity index (χ0n) is 15.4. The molecule has 0 radical (unpaired) electrons. The molecule has 1 atom stereocenters. The van der Waals surface area contributed by atoms with Crippen molar-refractivity contribution in [3.8, 4) is 5.75 Å². The van der Waals surface area contributed by atoms with E-state index in [1.165, 1.54) is 0 Å². The molecule has 0 aliphatic carbocycles. The maximum atomic E-state index is 12.7. The SMILES string of the molecule is CCc1cccc(C)c1NC(=O)C1CC(=O)N(c2ccc(OC)cc2)C1. The van der Waals surface area contributed by atoms with E-state index >= 15 is 0 Å². The Balaban J connectivity index is 1.73. The highest BCUT2D eigenvalue weighted by molar-refractivity contribution is 6.04. The summed E-state index contributed by atoms with van der Waals surface area (Å²) in [5, 5.41) is 3.04. The van der Waals surface area contributed by atoms with Gasteiger partial charge in [0.1, 0.15) is 5.75 Å². The van der Waals surface area contributed by atoms with Gasteiger partial charge in [-0.25, -0.2) is 0 Å². The number of nitrogens with zero attached hydrogens (tertiary/aromatic N) is 1. The quantitative estimate of drug-likeness (QED) is 0.895. The van der Waals surface area contributed by atoms with Crippen LogP contribution in [-0.2, 0) is 16.0 Å². The van der Waals surface area contributed by atoms with Gasteiger partial charge in [-0.2, -0.15) is 0 Å². The Morgan fingerprint density at radius 3 is 2.62 bits per heavy atom. The van der Waals surface area contributed by atoms with Gasteiger partial charge in [-0.1, -0.05) is 25.1 Å². The Kier molecular flexibility index (Phi) is 5.26. The van der Waals surface area contributed by atoms with Gasteiger partial charge in [-0.15, -0.1) is 0 Å². The number of aryl methyl sites for hydroxylation is 2. The normalized spacial score (nSPS) is 16.7. The van der Waals surface area contributed by atoms with Crippen molar-refractivity contribution in [3.63, 3.8) is 0 Å². The lowest BCUT2D eigenvalue weighted by Gasteiger charge is -2.18. The minimum Gasteiger partial charge on any atom is -0.497 e. The number of carbonyl (C=O) groups is 2. The molecule has 1 aliphatic heterocycles. The Bertz CT molecular complexity index is 815. The molecule has 1 heterocycles. The number of methoxy groups -OCH3 is 1. The van der Waals surface area contributed by atoms with Crippen LogP contribution in [0.4, 0.5) is 11.4 Å². The van der Waals surface area contributed by atoms with E-state index in [-0.39, 0.29) is 24.2 Å². The fraction of sp³-hybridized carbons (Fsp3) is 0.333. The summed E-state index contributed by atoms with van der Waals surface area (Å²) >= 11 is 0. The molecule has 2 aromatic rings. The predicted octanol–water partition coefficient (Wildman–Crippen LogP) is 3.56. The topological polar surface area (TPSA) is 58.6 Å². The maximum Gasteiger partial charge on any atom is 0.229 e. The fourth-order valence-electron chi connectivity index (χ4n) is 3.32. The maximum absolute atomic E-state index is 12.7. The van der Waals surface area contributed by atoms with E-state index < -0.39 is 0 Å². The van der Waals surface area contributed by atoms with Gasteiger partial charge < -0.3 is 15.0 Å². The Morgan fingerprint density at radius 1 is 1.23 bits per heavy atom. The molecule has 2 amide bonds. The number of hydrogen-bond acceptors (Lipinski definition) is 3. The van der Waals surface area contributed by atoms with Crippen LogP contribution in [0.5, 0.6) is 5.75 Å². The van der Waals surface area contributed by atoms with Gasteiger partial charge in [0.05, 0.1) is 13.0 Å². The van der Waals surface area contributed by atoms with E-state index in [4.69, 9.17) is 4.74 Å². The third-order valence-corrected chi connectivity index (χ3v) is 4.87. The van der Waals surface area contributed by atoms with Crippen LogP contribution < -0.4 is 15.0 Å². The van der Waals surface area contributed by atoms with Crippen molar-refractivity contribution in [1.29, 1.82) is 0 Å². The summed E-state index contributed by atoms with van der Waals surface area (Å²) in [5.41, 5.74) is 3.80. The molecule has 26 heavy (non-hydrogen) atoms. The first-order chi connectivity index (χ1) is 12.5. The molecule has 2 aromatic carbocycles. The zero-order valence-corrected chi connectivity index (χ0v) is 15.4. The first kappa shape index (κ1) is 18.0. The Hall–Kier alpha value is -2.82. The summed E-state index contributed by atoms with van der Waals surface area (Å²) < 4.78 is 5.15. The predicted molar refractivity (Wildman–Crippen MR) is 103 cm³/mol. The highest BCUT2D eigenvalue weighted by Crippen LogP contribution is 2.28. The number of rotatable bonds is 5. The second kappa shape index (κ2) is 7.60. The van der Waals surface area contributed by atoms with Crippen molar-refractivity contribution < 1.29 is 14.3 Å². The summed E-state index contributed by atoms with van der Waals surface area (Å²) in [6, 6.07) is 13.3. The smallest absolute Gasteiger partial charge is 0.229 e. The molecule has 1 saturated heterocycles. The number of ether oxygens (including phenoxy) is 1. The van der Waals surface area contributed by atoms with Crippen LogP contribution in [0, 0.1) is 12.8 Å². The molecule has 0 spiro atoms. The minimum absolute atomic E-state index is 0.0317. The second-order valence-electron chi connectivity index (χ2n) is 6.56. The van der Waals surface area contributed by atoms with Crippen molar-refractivity contribution in [3.05, 3.63) is 53.6 Å². The lowest BCUT2D eigenvalue weighted by Crippen LogP contribution is -2.28. The fourth-order valence-corrected chi connectivity index (χ4v) is 3.32. The highest BCUT2D eigenvalue weighted by atomic mass is 16.5. The molecule has 0 aromatic heterocycles. The van der Waals surface area contributed by atoms with E-state index in [1.807, 2.05) is 49.4 Å². The van der Waals surface area contributed by atoms with Crippen molar-refractivity contribution in [1.82, 2.24) is 0 Å². The van der Waals surface area contributed by atoms with Crippen molar-refractivity contribution >= 4 is 23.2 Å². The van der Waals surface area contributed by atoms with E-state index in [1.54, 1.807) is 12.0 Å². The van der Waals surface area contributed by atoms with Crippen LogP contribution in [0.1, 0.15) is 24.5 Å². The Labute approximate surface area is 154 Å². The number of carbonyl (C=O) groups excluding carboxylic acids is 2. The number of para-hydroxylation sites is 1. The number of amides is 2. The van der Waals surface area contributed by atoms with Gasteiger partial charge in [0, 0.05) is 24.3 Å². The van der Waals surface area contributed by atoms with Crippen molar-refractivity contribution in [2.75, 3.05) is 23.9 Å². The van der Waals surface area contributed by atoms with Crippen molar-refractivity contribution in [2.24, 2.45) is 5.92 Å². The molecule has 1 aliphatic rings. The summed E-state index contributed by atoms with van der Waals surface area (Å²) in [6.45, 7) is 4.44. The number of nitrogens with one attached hydrogen (secondary N) is 1. The highest BCUT2D eigenvalue weighted by Gasteiger charge is 2.35. The number of benzene rings is 2. The molecule has 1 N–H and O–H groups in total. The number of hydrogen-bond donors (Lipinski definition) is 1. The average Bonchev–Trinajstić information content (AvgIpc) is 3.05. The Morgan fingerprint density at radius 2 is 1.96 bits per heavy atom. The van der Waals surface area contributed by atoms with Crippen LogP contribution in [0.3, 0.4) is 0 Å². The van der Waals surface area contributed by atoms with Crippen LogP contribution in [-0.4, -0.2) is 25.5 Å². The van der Waals surface area contributed by atoms with E-state index in [2.05, 4.69) is 12.2 Å². The molecule has 1 fully saturated rings. The van der Waals surface area contributed by atoms with Crippen LogP contribution >= 0.6 is 0 Å². The molecule has 1 unspecified atom stereocenters. The molecular formula is C21H24N2O3. The minimum atomic E-state index is -0.353. The van der Waals surface area contributed by atoms with Gasteiger partial charge in [-0.3, -0.25) is 9.59 Å². The molecular weight excluding hydrogens is 328 g/mol. The summed E-state index contributed by atoms with van der Waals surface area (Å²) in [5.74, 6) is 0.254. The molecule has 136 valence electrons. The van der Waals surface area contributed by atoms with E-state index in [0.29, 0.717) is 6.54 Å². The lowest BCUT2D eigenvalue weighted by molar-refractivity contribution is -0.122. The van der Waals surface area contributed by atoms with Crippen molar-refractivity contribution in [2.45, 2.75) is 26.7 Å². The molecule has 0 bridgehead atoms. The zero-order chi connectivity index (χ0) is 18.7. The number of anilines is 2. The largest absolute Gasteiger partial charge is 0.497 e. The first-order valence-corrected chi connectivity index (χ1v) is 8.87. The van der Waals surface area contributed by atoms with Gasteiger partial charge >= 0.3 is 0 Å². The molecule has 0 saturated carbocycles. The van der Waals surface area contributed by atoms with Crippen LogP contribution in [0.25, 0.3) is 0 Å².